The van der Waals surface area contributed by atoms with Crippen LogP contribution in [-0.4, -0.2) is 9.78 Å². The van der Waals surface area contributed by atoms with E-state index in [9.17, 15) is 0 Å². The number of nitrogens with two attached hydrogens (primary N) is 1. The van der Waals surface area contributed by atoms with E-state index in [1.54, 1.807) is 10.9 Å². The Morgan fingerprint density at radius 2 is 1.40 bits per heavy atom. The normalized spacial score (nSPS) is 10.7. The monoisotopic (exact) mass is 303 g/mol. The van der Waals surface area contributed by atoms with Gasteiger partial charge in [-0.15, -0.1) is 0 Å². The van der Waals surface area contributed by atoms with Gasteiger partial charge < -0.3 is 5.73 Å². The summed E-state index contributed by atoms with van der Waals surface area (Å²) in [7, 11) is 0. The molecule has 3 rings (SSSR count). The van der Waals surface area contributed by atoms with E-state index in [0.29, 0.717) is 15.7 Å². The lowest BCUT2D eigenvalue weighted by molar-refractivity contribution is 0.884. The van der Waals surface area contributed by atoms with Gasteiger partial charge in [-0.3, -0.25) is 0 Å². The van der Waals surface area contributed by atoms with Crippen LogP contribution in [0.3, 0.4) is 0 Å². The minimum absolute atomic E-state index is 0.613. The molecule has 5 heteroatoms. The van der Waals surface area contributed by atoms with Crippen LogP contribution in [0, 0.1) is 0 Å². The van der Waals surface area contributed by atoms with Crippen molar-refractivity contribution < 1.29 is 0 Å². The third-order valence-corrected chi connectivity index (χ3v) is 3.46. The van der Waals surface area contributed by atoms with Crippen molar-refractivity contribution in [1.29, 1.82) is 0 Å². The minimum Gasteiger partial charge on any atom is -0.396 e. The summed E-state index contributed by atoms with van der Waals surface area (Å²) in [4.78, 5) is 0. The maximum Gasteiger partial charge on any atom is 0.116 e. The second-order valence-corrected chi connectivity index (χ2v) is 5.23. The first-order valence-corrected chi connectivity index (χ1v) is 6.76. The Balaban J connectivity index is 2.02. The number of halogens is 2. The summed E-state index contributed by atoms with van der Waals surface area (Å²) in [5.41, 5.74) is 9.22. The van der Waals surface area contributed by atoms with Crippen LogP contribution in [0.15, 0.2) is 54.7 Å². The Morgan fingerprint density at radius 1 is 0.850 bits per heavy atom. The Hall–Kier alpha value is -1.97. The molecule has 0 saturated carbocycles. The van der Waals surface area contributed by atoms with Crippen LogP contribution in [0.5, 0.6) is 0 Å². The fraction of sp³-hybridized carbons (Fsp3) is 0. The lowest BCUT2D eigenvalue weighted by Gasteiger charge is -2.01. The largest absolute Gasteiger partial charge is 0.396 e. The molecule has 0 aliphatic rings. The van der Waals surface area contributed by atoms with Crippen LogP contribution in [0.2, 0.25) is 10.0 Å². The van der Waals surface area contributed by atoms with Gasteiger partial charge in [-0.25, -0.2) is 4.68 Å². The minimum atomic E-state index is 0.613. The van der Waals surface area contributed by atoms with Crippen LogP contribution in [-0.2, 0) is 0 Å². The van der Waals surface area contributed by atoms with Gasteiger partial charge in [0.15, 0.2) is 0 Å². The van der Waals surface area contributed by atoms with E-state index in [1.807, 2.05) is 48.5 Å². The number of nitrogen functional groups attached to an aromatic ring is 1. The molecule has 0 fully saturated rings. The van der Waals surface area contributed by atoms with Crippen molar-refractivity contribution in [1.82, 2.24) is 9.78 Å². The summed E-state index contributed by atoms with van der Waals surface area (Å²) in [6.07, 6.45) is 1.78. The summed E-state index contributed by atoms with van der Waals surface area (Å²) in [5.74, 6) is 0. The number of hydrogen-bond acceptors (Lipinski definition) is 2. The molecule has 1 aromatic heterocycles. The van der Waals surface area contributed by atoms with Gasteiger partial charge in [-0.1, -0.05) is 35.3 Å². The van der Waals surface area contributed by atoms with Crippen molar-refractivity contribution in [3.8, 4) is 16.9 Å². The first kappa shape index (κ1) is 13.0. The van der Waals surface area contributed by atoms with Crippen LogP contribution in [0.4, 0.5) is 5.69 Å². The molecule has 0 aliphatic heterocycles. The molecule has 0 aliphatic carbocycles. The topological polar surface area (TPSA) is 43.8 Å². The first-order chi connectivity index (χ1) is 9.63. The highest BCUT2D eigenvalue weighted by Crippen LogP contribution is 2.26. The summed E-state index contributed by atoms with van der Waals surface area (Å²) in [6.45, 7) is 0. The number of nitrogens with zero attached hydrogens (tertiary/aromatic N) is 2. The highest BCUT2D eigenvalue weighted by Gasteiger charge is 2.09. The van der Waals surface area contributed by atoms with Crippen molar-refractivity contribution in [2.24, 2.45) is 0 Å². The second kappa shape index (κ2) is 5.19. The van der Waals surface area contributed by atoms with Crippen molar-refractivity contribution >= 4 is 28.9 Å². The highest BCUT2D eigenvalue weighted by atomic mass is 35.5. The number of hydrogen-bond donors (Lipinski definition) is 1. The van der Waals surface area contributed by atoms with Gasteiger partial charge in [0.2, 0.25) is 0 Å². The zero-order valence-electron chi connectivity index (χ0n) is 10.4. The quantitative estimate of drug-likeness (QED) is 0.761. The summed E-state index contributed by atoms with van der Waals surface area (Å²) in [5, 5.41) is 5.89. The molecule has 2 aromatic carbocycles. The van der Waals surface area contributed by atoms with E-state index in [0.717, 1.165) is 16.9 Å². The second-order valence-electron chi connectivity index (χ2n) is 4.36. The van der Waals surface area contributed by atoms with Crippen molar-refractivity contribution in [2.75, 3.05) is 5.73 Å². The van der Waals surface area contributed by atoms with Gasteiger partial charge in [0.1, 0.15) is 5.69 Å². The van der Waals surface area contributed by atoms with Crippen molar-refractivity contribution in [3.63, 3.8) is 0 Å². The van der Waals surface area contributed by atoms with Gasteiger partial charge in [-0.2, -0.15) is 5.10 Å². The molecule has 3 nitrogen and oxygen atoms in total. The van der Waals surface area contributed by atoms with Crippen LogP contribution in [0.1, 0.15) is 0 Å². The third-order valence-electron chi connectivity index (χ3n) is 2.95. The maximum absolute atomic E-state index is 6.04. The Bertz CT molecular complexity index is 731. The molecule has 0 atom stereocenters. The van der Waals surface area contributed by atoms with E-state index in [2.05, 4.69) is 5.10 Å². The molecule has 20 heavy (non-hydrogen) atoms. The Morgan fingerprint density at radius 3 is 2.00 bits per heavy atom. The fourth-order valence-electron chi connectivity index (χ4n) is 1.95. The van der Waals surface area contributed by atoms with Crippen LogP contribution >= 0.6 is 23.2 Å². The molecule has 0 radical (unpaired) electrons. The van der Waals surface area contributed by atoms with E-state index in [4.69, 9.17) is 28.9 Å². The van der Waals surface area contributed by atoms with Crippen LogP contribution in [0.25, 0.3) is 16.9 Å². The molecule has 0 amide bonds. The number of aromatic nitrogens is 2. The first-order valence-electron chi connectivity index (χ1n) is 6.00. The van der Waals surface area contributed by atoms with Gasteiger partial charge in [0, 0.05) is 15.6 Å². The highest BCUT2D eigenvalue weighted by molar-refractivity contribution is 6.30. The molecule has 100 valence electrons. The lowest BCUT2D eigenvalue weighted by atomic mass is 10.1. The lowest BCUT2D eigenvalue weighted by Crippen LogP contribution is -1.94. The number of anilines is 1. The predicted molar refractivity (Wildman–Crippen MR) is 83.4 cm³/mol. The average Bonchev–Trinajstić information content (AvgIpc) is 2.82. The molecule has 0 bridgehead atoms. The van der Waals surface area contributed by atoms with E-state index in [1.165, 1.54) is 0 Å². The molecular weight excluding hydrogens is 293 g/mol. The molecular formula is C15H11Cl2N3. The van der Waals surface area contributed by atoms with Crippen molar-refractivity contribution in [2.45, 2.75) is 0 Å². The fourth-order valence-corrected chi connectivity index (χ4v) is 2.20. The molecule has 0 spiro atoms. The van der Waals surface area contributed by atoms with Gasteiger partial charge in [0.05, 0.1) is 17.6 Å². The smallest absolute Gasteiger partial charge is 0.116 e. The Kier molecular flexibility index (Phi) is 3.38. The van der Waals surface area contributed by atoms with Gasteiger partial charge in [0.25, 0.3) is 0 Å². The summed E-state index contributed by atoms with van der Waals surface area (Å²) in [6, 6.07) is 14.8. The molecule has 0 unspecified atom stereocenters. The SMILES string of the molecule is Nc1cn(-c2ccc(Cl)cc2)nc1-c1ccc(Cl)cc1. The molecule has 1 heterocycles. The zero-order chi connectivity index (χ0) is 14.1. The Labute approximate surface area is 126 Å². The standard InChI is InChI=1S/C15H11Cl2N3/c16-11-3-1-10(2-4-11)15-14(18)9-20(19-15)13-7-5-12(17)6-8-13/h1-9H,18H2. The van der Waals surface area contributed by atoms with Crippen LogP contribution < -0.4 is 5.73 Å². The van der Waals surface area contributed by atoms with Crippen molar-refractivity contribution in [3.05, 3.63) is 64.8 Å². The number of benzene rings is 2. The predicted octanol–water partition coefficient (Wildman–Crippen LogP) is 4.43. The molecule has 3 aromatic rings. The summed E-state index contributed by atoms with van der Waals surface area (Å²) >= 11 is 11.8. The summed E-state index contributed by atoms with van der Waals surface area (Å²) < 4.78 is 1.73. The van der Waals surface area contributed by atoms with Gasteiger partial charge in [-0.05, 0) is 36.4 Å². The maximum atomic E-state index is 6.04. The van der Waals surface area contributed by atoms with E-state index >= 15 is 0 Å². The zero-order valence-corrected chi connectivity index (χ0v) is 11.9. The average molecular weight is 304 g/mol. The third kappa shape index (κ3) is 2.50. The van der Waals surface area contributed by atoms with E-state index < -0.39 is 0 Å². The molecule has 2 N–H and O–H groups in total. The molecule has 0 saturated heterocycles. The van der Waals surface area contributed by atoms with E-state index in [-0.39, 0.29) is 0 Å². The van der Waals surface area contributed by atoms with Gasteiger partial charge >= 0.3 is 0 Å². The number of rotatable bonds is 2.